The maximum absolute atomic E-state index is 13.1. The van der Waals surface area contributed by atoms with Crippen LogP contribution in [0.3, 0.4) is 0 Å². The molecule has 0 fully saturated rings. The van der Waals surface area contributed by atoms with Gasteiger partial charge in [-0.2, -0.15) is 30.7 Å². The Balaban J connectivity index is 2.63. The van der Waals surface area contributed by atoms with Crippen molar-refractivity contribution in [1.82, 2.24) is 0 Å². The molecule has 1 N–H and O–H groups in total. The molecule has 0 aliphatic carbocycles. The molecule has 146 valence electrons. The molecule has 0 radical (unpaired) electrons. The number of nitrogens with one attached hydrogen (secondary N) is 1. The average Bonchev–Trinajstić information content (AvgIpc) is 2.53. The molecule has 4 nitrogen and oxygen atoms in total. The predicted molar refractivity (Wildman–Crippen MR) is 81.7 cm³/mol. The first-order valence-electron chi connectivity index (χ1n) is 6.42. The molecule has 0 heterocycles. The van der Waals surface area contributed by atoms with Gasteiger partial charge in [-0.25, -0.2) is 4.79 Å². The first kappa shape index (κ1) is 22.4. The molecule has 26 heavy (non-hydrogen) atoms. The fourth-order valence-corrected chi connectivity index (χ4v) is 2.88. The minimum Gasteiger partial charge on any atom is -0.453 e. The van der Waals surface area contributed by atoms with Gasteiger partial charge in [-0.15, -0.1) is 0 Å². The highest BCUT2D eigenvalue weighted by atomic mass is 32.2. The van der Waals surface area contributed by atoms with Crippen LogP contribution < -0.4 is 5.32 Å². The van der Waals surface area contributed by atoms with E-state index in [2.05, 4.69) is 10.1 Å². The zero-order valence-corrected chi connectivity index (χ0v) is 14.3. The largest absolute Gasteiger partial charge is 0.460 e. The Labute approximate surface area is 150 Å². The Morgan fingerprint density at radius 3 is 2.04 bits per heavy atom. The SMILES string of the molecule is COC(=O)Nc1ccc(SC(=O)CSC(F)(F)C(F)(F)C(F)(F)F)cc1. The molecular weight excluding hydrogens is 415 g/mol. The van der Waals surface area contributed by atoms with E-state index in [1.165, 1.54) is 24.3 Å². The quantitative estimate of drug-likeness (QED) is 0.513. The highest BCUT2D eigenvalue weighted by Crippen LogP contribution is 2.52. The van der Waals surface area contributed by atoms with Crippen molar-refractivity contribution < 1.29 is 45.1 Å². The van der Waals surface area contributed by atoms with E-state index in [1.807, 2.05) is 0 Å². The standard InChI is InChI=1S/C13H10F7NO3S2/c1-24-10(23)21-7-2-4-8(5-3-7)26-9(22)6-25-13(19,20)11(14,15)12(16,17)18/h2-5H,6H2,1H3,(H,21,23). The first-order valence-corrected chi connectivity index (χ1v) is 8.22. The lowest BCUT2D eigenvalue weighted by Gasteiger charge is -2.27. The van der Waals surface area contributed by atoms with Crippen LogP contribution in [0.25, 0.3) is 0 Å². The summed E-state index contributed by atoms with van der Waals surface area (Å²) in [5.41, 5.74) is 0.291. The van der Waals surface area contributed by atoms with Gasteiger partial charge in [0, 0.05) is 10.6 Å². The van der Waals surface area contributed by atoms with E-state index in [0.29, 0.717) is 17.4 Å². The average molecular weight is 425 g/mol. The van der Waals surface area contributed by atoms with Gasteiger partial charge in [-0.3, -0.25) is 10.1 Å². The van der Waals surface area contributed by atoms with Gasteiger partial charge in [0.25, 0.3) is 0 Å². The number of halogens is 7. The second-order valence-electron chi connectivity index (χ2n) is 4.49. The summed E-state index contributed by atoms with van der Waals surface area (Å²) < 4.78 is 91.9. The summed E-state index contributed by atoms with van der Waals surface area (Å²) in [7, 11) is 1.13. The number of ether oxygens (including phenoxy) is 1. The summed E-state index contributed by atoms with van der Waals surface area (Å²) in [4.78, 5) is 22.7. The minimum atomic E-state index is -6.44. The number of hydrogen-bond donors (Lipinski definition) is 1. The molecule has 1 aromatic carbocycles. The van der Waals surface area contributed by atoms with Gasteiger partial charge in [0.2, 0.25) is 5.12 Å². The van der Waals surface area contributed by atoms with Crippen LogP contribution in [0.15, 0.2) is 29.2 Å². The van der Waals surface area contributed by atoms with Gasteiger partial charge in [0.1, 0.15) is 0 Å². The van der Waals surface area contributed by atoms with Crippen molar-refractivity contribution >= 4 is 40.4 Å². The van der Waals surface area contributed by atoms with Crippen LogP contribution in [0.1, 0.15) is 0 Å². The van der Waals surface area contributed by atoms with Crippen LogP contribution >= 0.6 is 23.5 Å². The zero-order valence-electron chi connectivity index (χ0n) is 12.7. The van der Waals surface area contributed by atoms with E-state index in [0.717, 1.165) is 7.11 Å². The van der Waals surface area contributed by atoms with Gasteiger partial charge in [0.15, 0.2) is 0 Å². The Bertz CT molecular complexity index is 650. The van der Waals surface area contributed by atoms with Gasteiger partial charge in [-0.05, 0) is 24.3 Å². The Kier molecular flexibility index (Phi) is 7.22. The van der Waals surface area contributed by atoms with Gasteiger partial charge < -0.3 is 4.74 Å². The molecule has 0 unspecified atom stereocenters. The van der Waals surface area contributed by atoms with Crippen molar-refractivity contribution in [1.29, 1.82) is 0 Å². The fourth-order valence-electron chi connectivity index (χ4n) is 1.34. The van der Waals surface area contributed by atoms with Crippen molar-refractivity contribution in [2.75, 3.05) is 18.2 Å². The summed E-state index contributed by atoms with van der Waals surface area (Å²) in [6.07, 6.45) is -7.20. The highest BCUT2D eigenvalue weighted by molar-refractivity contribution is 8.16. The third-order valence-corrected chi connectivity index (χ3v) is 4.70. The molecule has 1 rings (SSSR count). The third-order valence-electron chi connectivity index (χ3n) is 2.61. The van der Waals surface area contributed by atoms with Gasteiger partial charge >= 0.3 is 23.4 Å². The molecule has 13 heteroatoms. The topological polar surface area (TPSA) is 55.4 Å². The second kappa shape index (κ2) is 8.37. The molecule has 0 aromatic heterocycles. The Hall–Kier alpha value is -1.63. The van der Waals surface area contributed by atoms with E-state index in [-0.39, 0.29) is 4.90 Å². The Morgan fingerprint density at radius 1 is 1.04 bits per heavy atom. The molecule has 0 aliphatic heterocycles. The number of hydrogen-bond acceptors (Lipinski definition) is 5. The zero-order chi connectivity index (χ0) is 20.2. The van der Waals surface area contributed by atoms with E-state index in [9.17, 15) is 40.3 Å². The number of carbonyl (C=O) groups is 2. The predicted octanol–water partition coefficient (Wildman–Crippen LogP) is 5.01. The summed E-state index contributed by atoms with van der Waals surface area (Å²) in [6, 6.07) is 5.29. The maximum atomic E-state index is 13.1. The highest BCUT2D eigenvalue weighted by Gasteiger charge is 2.73. The molecule has 0 saturated heterocycles. The number of benzene rings is 1. The van der Waals surface area contributed by atoms with Crippen LogP contribution in [0.4, 0.5) is 41.2 Å². The smallest absolute Gasteiger partial charge is 0.453 e. The van der Waals surface area contributed by atoms with Crippen LogP contribution in [-0.2, 0) is 9.53 Å². The van der Waals surface area contributed by atoms with E-state index in [4.69, 9.17) is 0 Å². The van der Waals surface area contributed by atoms with Crippen LogP contribution in [-0.4, -0.2) is 41.4 Å². The van der Waals surface area contributed by atoms with Crippen LogP contribution in [0, 0.1) is 0 Å². The molecule has 0 aliphatic rings. The lowest BCUT2D eigenvalue weighted by Crippen LogP contribution is -2.50. The summed E-state index contributed by atoms with van der Waals surface area (Å²) in [6.45, 7) is 0. The summed E-state index contributed by atoms with van der Waals surface area (Å²) >= 11 is -0.720. The van der Waals surface area contributed by atoms with Crippen LogP contribution in [0.5, 0.6) is 0 Å². The van der Waals surface area contributed by atoms with Crippen molar-refractivity contribution in [3.05, 3.63) is 24.3 Å². The molecule has 0 bridgehead atoms. The Morgan fingerprint density at radius 2 is 1.58 bits per heavy atom. The number of methoxy groups -OCH3 is 1. The maximum Gasteiger partial charge on any atom is 0.460 e. The van der Waals surface area contributed by atoms with Crippen molar-refractivity contribution in [2.45, 2.75) is 22.2 Å². The number of anilines is 1. The lowest BCUT2D eigenvalue weighted by molar-refractivity contribution is -0.330. The molecule has 0 spiro atoms. The normalized spacial score (nSPS) is 12.6. The number of alkyl halides is 7. The monoisotopic (exact) mass is 425 g/mol. The number of rotatable bonds is 6. The molecular formula is C13H10F7NO3S2. The van der Waals surface area contributed by atoms with Gasteiger partial charge in [-0.1, -0.05) is 23.5 Å². The second-order valence-corrected chi connectivity index (χ2v) is 6.71. The molecule has 1 aromatic rings. The van der Waals surface area contributed by atoms with E-state index in [1.54, 1.807) is 0 Å². The first-order chi connectivity index (χ1) is 11.8. The van der Waals surface area contributed by atoms with Crippen molar-refractivity contribution in [3.8, 4) is 0 Å². The summed E-state index contributed by atoms with van der Waals surface area (Å²) in [5, 5.41) is -4.25. The van der Waals surface area contributed by atoms with Crippen LogP contribution in [0.2, 0.25) is 0 Å². The fraction of sp³-hybridized carbons (Fsp3) is 0.385. The van der Waals surface area contributed by atoms with E-state index >= 15 is 0 Å². The van der Waals surface area contributed by atoms with E-state index < -0.39 is 46.1 Å². The summed E-state index contributed by atoms with van der Waals surface area (Å²) in [5.74, 6) is -7.54. The van der Waals surface area contributed by atoms with Crippen molar-refractivity contribution in [3.63, 3.8) is 0 Å². The molecule has 0 atom stereocenters. The third kappa shape index (κ3) is 5.69. The number of amides is 1. The molecule has 1 amide bonds. The number of thioether (sulfide) groups is 2. The molecule has 0 saturated carbocycles. The lowest BCUT2D eigenvalue weighted by atomic mass is 10.3. The number of carbonyl (C=O) groups excluding carboxylic acids is 2. The van der Waals surface area contributed by atoms with Gasteiger partial charge in [0.05, 0.1) is 12.9 Å². The minimum absolute atomic E-state index is 0.205. The van der Waals surface area contributed by atoms with Crippen molar-refractivity contribution in [2.24, 2.45) is 0 Å².